The van der Waals surface area contributed by atoms with Crippen LogP contribution in [-0.2, 0) is 4.74 Å². The van der Waals surface area contributed by atoms with Gasteiger partial charge in [0.05, 0.1) is 6.10 Å². The summed E-state index contributed by atoms with van der Waals surface area (Å²) in [5.41, 5.74) is 6.52. The molecular weight excluding hydrogens is 212 g/mol. The molecule has 2 N–H and O–H groups in total. The Morgan fingerprint density at radius 3 is 2.53 bits per heavy atom. The number of nitrogens with two attached hydrogens (primary N) is 1. The van der Waals surface area contributed by atoms with Crippen molar-refractivity contribution in [2.45, 2.75) is 65.1 Å². The molecule has 1 heterocycles. The van der Waals surface area contributed by atoms with E-state index in [2.05, 4.69) is 39.6 Å². The number of hydrogen-bond acceptors (Lipinski definition) is 3. The lowest BCUT2D eigenvalue weighted by atomic mass is 9.87. The van der Waals surface area contributed by atoms with Crippen molar-refractivity contribution >= 4 is 0 Å². The van der Waals surface area contributed by atoms with Gasteiger partial charge >= 0.3 is 0 Å². The van der Waals surface area contributed by atoms with Crippen LogP contribution in [0.2, 0.25) is 0 Å². The minimum atomic E-state index is 0.315. The Hall–Kier alpha value is -0.120. The lowest BCUT2D eigenvalue weighted by Crippen LogP contribution is -2.39. The van der Waals surface area contributed by atoms with E-state index >= 15 is 0 Å². The van der Waals surface area contributed by atoms with Gasteiger partial charge < -0.3 is 15.4 Å². The molecule has 102 valence electrons. The first-order chi connectivity index (χ1) is 7.79. The normalized spacial score (nSPS) is 27.7. The van der Waals surface area contributed by atoms with E-state index in [0.717, 1.165) is 32.4 Å². The minimum Gasteiger partial charge on any atom is -0.377 e. The smallest absolute Gasteiger partial charge is 0.0702 e. The summed E-state index contributed by atoms with van der Waals surface area (Å²) in [6.07, 6.45) is 3.71. The van der Waals surface area contributed by atoms with E-state index in [9.17, 15) is 0 Å². The highest BCUT2D eigenvalue weighted by atomic mass is 16.5. The molecule has 1 rings (SSSR count). The van der Waals surface area contributed by atoms with Crippen molar-refractivity contribution in [3.63, 3.8) is 0 Å². The molecular formula is C14H30N2O. The summed E-state index contributed by atoms with van der Waals surface area (Å²) in [4.78, 5) is 2.42. The first-order valence-corrected chi connectivity index (χ1v) is 6.87. The number of nitrogens with zero attached hydrogens (tertiary/aromatic N) is 1. The van der Waals surface area contributed by atoms with Crippen LogP contribution in [0.4, 0.5) is 0 Å². The van der Waals surface area contributed by atoms with Crippen LogP contribution in [0.25, 0.3) is 0 Å². The van der Waals surface area contributed by atoms with E-state index in [4.69, 9.17) is 10.5 Å². The first kappa shape index (κ1) is 14.9. The highest BCUT2D eigenvalue weighted by molar-refractivity contribution is 4.81. The van der Waals surface area contributed by atoms with Crippen LogP contribution in [0.5, 0.6) is 0 Å². The molecule has 3 atom stereocenters. The lowest BCUT2D eigenvalue weighted by molar-refractivity contribution is 0.0822. The summed E-state index contributed by atoms with van der Waals surface area (Å²) in [5.74, 6) is 0. The summed E-state index contributed by atoms with van der Waals surface area (Å²) in [6.45, 7) is 10.9. The molecule has 1 aliphatic rings. The second kappa shape index (κ2) is 6.17. The summed E-state index contributed by atoms with van der Waals surface area (Å²) in [7, 11) is 2.19. The first-order valence-electron chi connectivity index (χ1n) is 6.87. The average Bonchev–Trinajstić information content (AvgIpc) is 2.58. The fourth-order valence-corrected chi connectivity index (χ4v) is 2.72. The Bertz CT molecular complexity index is 225. The fourth-order valence-electron chi connectivity index (χ4n) is 2.72. The summed E-state index contributed by atoms with van der Waals surface area (Å²) >= 11 is 0. The standard InChI is InChI=1S/C14H30N2O/c1-11-13(7-9-17-11)16(5)8-6-12(15)10-14(2,3)4/h11-13H,6-10,15H2,1-5H3. The van der Waals surface area contributed by atoms with Crippen LogP contribution < -0.4 is 5.73 Å². The van der Waals surface area contributed by atoms with Crippen molar-refractivity contribution in [3.8, 4) is 0 Å². The monoisotopic (exact) mass is 242 g/mol. The molecule has 0 aromatic rings. The summed E-state index contributed by atoms with van der Waals surface area (Å²) < 4.78 is 5.60. The third kappa shape index (κ3) is 5.36. The fraction of sp³-hybridized carbons (Fsp3) is 1.00. The zero-order valence-electron chi connectivity index (χ0n) is 12.2. The average molecular weight is 242 g/mol. The van der Waals surface area contributed by atoms with Crippen molar-refractivity contribution in [1.29, 1.82) is 0 Å². The van der Waals surface area contributed by atoms with E-state index in [0.29, 0.717) is 23.6 Å². The third-order valence-corrected chi connectivity index (χ3v) is 3.63. The van der Waals surface area contributed by atoms with E-state index in [1.54, 1.807) is 0 Å². The van der Waals surface area contributed by atoms with Gasteiger partial charge in [0.1, 0.15) is 0 Å². The highest BCUT2D eigenvalue weighted by Crippen LogP contribution is 2.22. The Morgan fingerprint density at radius 2 is 2.06 bits per heavy atom. The Balaban J connectivity index is 2.25. The van der Waals surface area contributed by atoms with Gasteiger partial charge in [-0.25, -0.2) is 0 Å². The van der Waals surface area contributed by atoms with E-state index in [1.807, 2.05) is 0 Å². The molecule has 3 heteroatoms. The van der Waals surface area contributed by atoms with Crippen LogP contribution in [0, 0.1) is 5.41 Å². The van der Waals surface area contributed by atoms with Gasteiger partial charge in [0.15, 0.2) is 0 Å². The third-order valence-electron chi connectivity index (χ3n) is 3.63. The van der Waals surface area contributed by atoms with Crippen molar-refractivity contribution in [2.24, 2.45) is 11.1 Å². The van der Waals surface area contributed by atoms with Crippen LogP contribution in [0.1, 0.15) is 47.0 Å². The molecule has 0 aromatic heterocycles. The maximum absolute atomic E-state index is 6.18. The predicted octanol–water partition coefficient (Wildman–Crippen LogP) is 2.25. The van der Waals surface area contributed by atoms with Gasteiger partial charge in [-0.15, -0.1) is 0 Å². The van der Waals surface area contributed by atoms with Gasteiger partial charge in [-0.1, -0.05) is 20.8 Å². The Labute approximate surface area is 107 Å². The zero-order chi connectivity index (χ0) is 13.1. The Morgan fingerprint density at radius 1 is 1.41 bits per heavy atom. The quantitative estimate of drug-likeness (QED) is 0.803. The molecule has 1 saturated heterocycles. The molecule has 0 radical (unpaired) electrons. The second-order valence-corrected chi connectivity index (χ2v) is 6.73. The molecule has 0 saturated carbocycles. The zero-order valence-corrected chi connectivity index (χ0v) is 12.2. The summed E-state index contributed by atoms with van der Waals surface area (Å²) in [6, 6.07) is 0.895. The maximum Gasteiger partial charge on any atom is 0.0702 e. The minimum absolute atomic E-state index is 0.315. The number of hydrogen-bond donors (Lipinski definition) is 1. The summed E-state index contributed by atoms with van der Waals surface area (Å²) in [5, 5.41) is 0. The van der Waals surface area contributed by atoms with Crippen molar-refractivity contribution < 1.29 is 4.74 Å². The topological polar surface area (TPSA) is 38.5 Å². The van der Waals surface area contributed by atoms with Crippen LogP contribution in [0.15, 0.2) is 0 Å². The number of likely N-dealkylation sites (N-methyl/N-ethyl adjacent to an activating group) is 1. The number of ether oxygens (including phenoxy) is 1. The molecule has 17 heavy (non-hydrogen) atoms. The molecule has 0 aliphatic carbocycles. The Kier molecular flexibility index (Phi) is 5.42. The van der Waals surface area contributed by atoms with E-state index < -0.39 is 0 Å². The largest absolute Gasteiger partial charge is 0.377 e. The van der Waals surface area contributed by atoms with Crippen molar-refractivity contribution in [2.75, 3.05) is 20.2 Å². The van der Waals surface area contributed by atoms with Gasteiger partial charge in [-0.3, -0.25) is 0 Å². The maximum atomic E-state index is 6.18. The molecule has 1 fully saturated rings. The second-order valence-electron chi connectivity index (χ2n) is 6.73. The highest BCUT2D eigenvalue weighted by Gasteiger charge is 2.27. The van der Waals surface area contributed by atoms with Gasteiger partial charge in [0.2, 0.25) is 0 Å². The molecule has 3 nitrogen and oxygen atoms in total. The van der Waals surface area contributed by atoms with Gasteiger partial charge in [0.25, 0.3) is 0 Å². The number of rotatable bonds is 5. The lowest BCUT2D eigenvalue weighted by Gasteiger charge is -2.29. The molecule has 0 amide bonds. The van der Waals surface area contributed by atoms with Gasteiger partial charge in [-0.2, -0.15) is 0 Å². The van der Waals surface area contributed by atoms with Gasteiger partial charge in [0, 0.05) is 18.7 Å². The van der Waals surface area contributed by atoms with Crippen LogP contribution in [0.3, 0.4) is 0 Å². The van der Waals surface area contributed by atoms with Crippen LogP contribution in [-0.4, -0.2) is 43.3 Å². The van der Waals surface area contributed by atoms with Crippen molar-refractivity contribution in [3.05, 3.63) is 0 Å². The van der Waals surface area contributed by atoms with Crippen LogP contribution >= 0.6 is 0 Å². The molecule has 0 aromatic carbocycles. The molecule has 1 aliphatic heterocycles. The SMILES string of the molecule is CC1OCCC1N(C)CCC(N)CC(C)(C)C. The molecule has 0 spiro atoms. The van der Waals surface area contributed by atoms with E-state index in [1.165, 1.54) is 0 Å². The predicted molar refractivity (Wildman–Crippen MR) is 73.1 cm³/mol. The van der Waals surface area contributed by atoms with E-state index in [-0.39, 0.29) is 0 Å². The molecule has 3 unspecified atom stereocenters. The molecule has 0 bridgehead atoms. The van der Waals surface area contributed by atoms with Gasteiger partial charge in [-0.05, 0) is 45.2 Å². The van der Waals surface area contributed by atoms with Crippen molar-refractivity contribution in [1.82, 2.24) is 4.90 Å².